The summed E-state index contributed by atoms with van der Waals surface area (Å²) in [5, 5.41) is 15.3. The number of guanidine groups is 1. The maximum atomic E-state index is 8.80. The number of hydrogen-bond acceptors (Lipinski definition) is 4. The van der Waals surface area contributed by atoms with Gasteiger partial charge in [-0.2, -0.15) is 0 Å². The van der Waals surface area contributed by atoms with Crippen LogP contribution < -0.4 is 10.6 Å². The summed E-state index contributed by atoms with van der Waals surface area (Å²) in [5.41, 5.74) is 0. The smallest absolute Gasteiger partial charge is 0.191 e. The molecular formula is C8H15N3O. The van der Waals surface area contributed by atoms with Gasteiger partial charge in [-0.15, -0.1) is 0 Å². The van der Waals surface area contributed by atoms with Crippen LogP contribution in [0.3, 0.4) is 0 Å². The lowest BCUT2D eigenvalue weighted by Gasteiger charge is -2.07. The Morgan fingerprint density at radius 3 is 3.08 bits per heavy atom. The van der Waals surface area contributed by atoms with Gasteiger partial charge in [0.2, 0.25) is 0 Å². The van der Waals surface area contributed by atoms with Crippen LogP contribution in [-0.4, -0.2) is 36.3 Å². The average molecular weight is 169 g/mol. The van der Waals surface area contributed by atoms with Crippen molar-refractivity contribution in [1.82, 2.24) is 10.6 Å². The molecule has 3 N–H and O–H groups in total. The minimum Gasteiger partial charge on any atom is -0.396 e. The zero-order chi connectivity index (χ0) is 8.55. The first kappa shape index (κ1) is 7.86. The number of aliphatic hydroxyl groups excluding tert-OH is 1. The van der Waals surface area contributed by atoms with Gasteiger partial charge in [0.15, 0.2) is 5.96 Å². The Balaban J connectivity index is 1.75. The fourth-order valence-corrected chi connectivity index (χ4v) is 1.44. The molecule has 4 heteroatoms. The highest BCUT2D eigenvalue weighted by atomic mass is 16.3. The average Bonchev–Trinajstić information content (AvgIpc) is 2.67. The second-order valence-electron chi connectivity index (χ2n) is 3.66. The minimum atomic E-state index is 0.292. The molecule has 2 rings (SSSR count). The van der Waals surface area contributed by atoms with E-state index < -0.39 is 0 Å². The Hall–Kier alpha value is -0.770. The summed E-state index contributed by atoms with van der Waals surface area (Å²) < 4.78 is 0. The van der Waals surface area contributed by atoms with Gasteiger partial charge in [-0.25, -0.2) is 0 Å². The molecule has 0 aromatic rings. The van der Waals surface area contributed by atoms with E-state index in [0.29, 0.717) is 24.6 Å². The largest absolute Gasteiger partial charge is 0.396 e. The number of nitrogens with one attached hydrogen (secondary N) is 2. The van der Waals surface area contributed by atoms with Crippen LogP contribution in [0.15, 0.2) is 4.99 Å². The topological polar surface area (TPSA) is 56.7 Å². The molecule has 3 atom stereocenters. The summed E-state index contributed by atoms with van der Waals surface area (Å²) in [5.74, 6) is 1.36. The van der Waals surface area contributed by atoms with Gasteiger partial charge in [-0.05, 0) is 13.3 Å². The van der Waals surface area contributed by atoms with E-state index in [0.717, 1.165) is 18.9 Å². The van der Waals surface area contributed by atoms with Gasteiger partial charge in [-0.3, -0.25) is 4.99 Å². The first-order valence-corrected chi connectivity index (χ1v) is 4.48. The number of aliphatic imine (C=N–C) groups is 1. The van der Waals surface area contributed by atoms with Crippen LogP contribution in [0.25, 0.3) is 0 Å². The molecule has 0 saturated heterocycles. The maximum Gasteiger partial charge on any atom is 0.191 e. The zero-order valence-corrected chi connectivity index (χ0v) is 7.25. The lowest BCUT2D eigenvalue weighted by Crippen LogP contribution is -2.39. The highest BCUT2D eigenvalue weighted by molar-refractivity contribution is 5.82. The van der Waals surface area contributed by atoms with Crippen molar-refractivity contribution in [1.29, 1.82) is 0 Å². The maximum absolute atomic E-state index is 8.80. The second-order valence-corrected chi connectivity index (χ2v) is 3.66. The van der Waals surface area contributed by atoms with Gasteiger partial charge in [0.05, 0.1) is 6.54 Å². The molecule has 68 valence electrons. The number of hydrogen-bond donors (Lipinski definition) is 3. The molecule has 0 radical (unpaired) electrons. The van der Waals surface area contributed by atoms with Crippen molar-refractivity contribution >= 4 is 5.96 Å². The molecule has 0 aromatic heterocycles. The van der Waals surface area contributed by atoms with Gasteiger partial charge >= 0.3 is 0 Å². The van der Waals surface area contributed by atoms with Crippen molar-refractivity contribution in [2.75, 3.05) is 13.2 Å². The van der Waals surface area contributed by atoms with Gasteiger partial charge in [-0.1, -0.05) is 0 Å². The molecule has 4 nitrogen and oxygen atoms in total. The molecule has 1 aliphatic heterocycles. The standard InChI is InChI=1S/C8H15N3O/c1-5-3-9-8(10-5)11-7-2-6(7)4-12/h5-7,12H,2-4H2,1H3,(H2,9,10,11). The normalized spacial score (nSPS) is 38.8. The zero-order valence-electron chi connectivity index (χ0n) is 7.25. The molecule has 0 spiro atoms. The van der Waals surface area contributed by atoms with Crippen molar-refractivity contribution in [3.8, 4) is 0 Å². The van der Waals surface area contributed by atoms with Gasteiger partial charge < -0.3 is 15.7 Å². The van der Waals surface area contributed by atoms with Crippen LogP contribution in [-0.2, 0) is 0 Å². The molecule has 2 aliphatic rings. The van der Waals surface area contributed by atoms with E-state index in [2.05, 4.69) is 22.5 Å². The van der Waals surface area contributed by atoms with Crippen molar-refractivity contribution in [3.05, 3.63) is 0 Å². The molecule has 1 aliphatic carbocycles. The van der Waals surface area contributed by atoms with E-state index in [1.54, 1.807) is 0 Å². The fraction of sp³-hybridized carbons (Fsp3) is 0.875. The quantitative estimate of drug-likeness (QED) is 0.512. The molecule has 1 fully saturated rings. The molecule has 0 amide bonds. The van der Waals surface area contributed by atoms with Gasteiger partial charge in [0.1, 0.15) is 0 Å². The van der Waals surface area contributed by atoms with Crippen LogP contribution in [0.1, 0.15) is 13.3 Å². The summed E-state index contributed by atoms with van der Waals surface area (Å²) >= 11 is 0. The lowest BCUT2D eigenvalue weighted by atomic mass is 10.4. The molecule has 3 unspecified atom stereocenters. The van der Waals surface area contributed by atoms with Crippen LogP contribution in [0.4, 0.5) is 0 Å². The molecule has 1 heterocycles. The summed E-state index contributed by atoms with van der Waals surface area (Å²) in [6, 6.07) is 0.908. The molecular weight excluding hydrogens is 154 g/mol. The van der Waals surface area contributed by atoms with Crippen LogP contribution in [0.5, 0.6) is 0 Å². The molecule has 0 aromatic carbocycles. The summed E-state index contributed by atoms with van der Waals surface area (Å²) in [6.07, 6.45) is 1.07. The van der Waals surface area contributed by atoms with E-state index in [4.69, 9.17) is 5.11 Å². The Labute approximate surface area is 72.1 Å². The van der Waals surface area contributed by atoms with Gasteiger partial charge in [0, 0.05) is 24.6 Å². The summed E-state index contributed by atoms with van der Waals surface area (Å²) in [4.78, 5) is 4.28. The third kappa shape index (κ3) is 1.53. The Morgan fingerprint density at radius 2 is 2.58 bits per heavy atom. The van der Waals surface area contributed by atoms with Gasteiger partial charge in [0.25, 0.3) is 0 Å². The number of nitrogens with zero attached hydrogens (tertiary/aromatic N) is 1. The van der Waals surface area contributed by atoms with Crippen LogP contribution in [0.2, 0.25) is 0 Å². The lowest BCUT2D eigenvalue weighted by molar-refractivity contribution is 0.272. The predicted octanol–water partition coefficient (Wildman–Crippen LogP) is -0.696. The van der Waals surface area contributed by atoms with E-state index in [1.165, 1.54) is 0 Å². The fourth-order valence-electron chi connectivity index (χ4n) is 1.44. The first-order valence-electron chi connectivity index (χ1n) is 4.48. The van der Waals surface area contributed by atoms with Crippen LogP contribution in [0, 0.1) is 5.92 Å². The SMILES string of the molecule is CC1CN=C(NC2CC2CO)N1. The molecule has 1 saturated carbocycles. The number of aliphatic hydroxyl groups is 1. The van der Waals surface area contributed by atoms with E-state index in [9.17, 15) is 0 Å². The Morgan fingerprint density at radius 1 is 1.75 bits per heavy atom. The monoisotopic (exact) mass is 169 g/mol. The van der Waals surface area contributed by atoms with E-state index in [-0.39, 0.29) is 0 Å². The first-order chi connectivity index (χ1) is 5.79. The molecule has 12 heavy (non-hydrogen) atoms. The number of rotatable bonds is 2. The third-order valence-electron chi connectivity index (χ3n) is 2.39. The second kappa shape index (κ2) is 2.94. The summed E-state index contributed by atoms with van der Waals surface area (Å²) in [7, 11) is 0. The van der Waals surface area contributed by atoms with Crippen molar-refractivity contribution in [2.45, 2.75) is 25.4 Å². The Bertz CT molecular complexity index is 204. The molecule has 0 bridgehead atoms. The van der Waals surface area contributed by atoms with Crippen LogP contribution >= 0.6 is 0 Å². The highest BCUT2D eigenvalue weighted by Crippen LogP contribution is 2.29. The van der Waals surface area contributed by atoms with Crippen molar-refractivity contribution < 1.29 is 5.11 Å². The van der Waals surface area contributed by atoms with Crippen molar-refractivity contribution in [2.24, 2.45) is 10.9 Å². The minimum absolute atomic E-state index is 0.292. The highest BCUT2D eigenvalue weighted by Gasteiger charge is 2.37. The predicted molar refractivity (Wildman–Crippen MR) is 47.0 cm³/mol. The third-order valence-corrected chi connectivity index (χ3v) is 2.39. The van der Waals surface area contributed by atoms with E-state index >= 15 is 0 Å². The van der Waals surface area contributed by atoms with Crippen molar-refractivity contribution in [3.63, 3.8) is 0 Å². The van der Waals surface area contributed by atoms with E-state index in [1.807, 2.05) is 0 Å². The Kier molecular flexibility index (Phi) is 1.92. The summed E-state index contributed by atoms with van der Waals surface area (Å²) in [6.45, 7) is 3.26.